The second-order valence-corrected chi connectivity index (χ2v) is 3.54. The number of hydrogen-bond acceptors (Lipinski definition) is 3. The zero-order valence-electron chi connectivity index (χ0n) is 8.09. The lowest BCUT2D eigenvalue weighted by Gasteiger charge is -2.01. The van der Waals surface area contributed by atoms with Crippen molar-refractivity contribution in [1.82, 2.24) is 9.38 Å². The van der Waals surface area contributed by atoms with Crippen LogP contribution in [0.25, 0.3) is 5.65 Å². The van der Waals surface area contributed by atoms with Gasteiger partial charge in [-0.05, 0) is 20.8 Å². The van der Waals surface area contributed by atoms with Crippen LogP contribution in [0.3, 0.4) is 0 Å². The molecule has 4 nitrogen and oxygen atoms in total. The highest BCUT2D eigenvalue weighted by Gasteiger charge is 2.14. The number of aryl methyl sites for hydroxylation is 3. The van der Waals surface area contributed by atoms with Crippen molar-refractivity contribution >= 4 is 17.2 Å². The van der Waals surface area contributed by atoms with Crippen LogP contribution in [0.4, 0.5) is 0 Å². The summed E-state index contributed by atoms with van der Waals surface area (Å²) in [5.41, 5.74) is 1.43. The van der Waals surface area contributed by atoms with Crippen LogP contribution < -0.4 is 5.63 Å². The highest BCUT2D eigenvalue weighted by molar-refractivity contribution is 6.30. The second-order valence-electron chi connectivity index (χ2n) is 3.18. The summed E-state index contributed by atoms with van der Waals surface area (Å²) in [5, 5.41) is 0.401. The van der Waals surface area contributed by atoms with Gasteiger partial charge < -0.3 is 4.42 Å². The molecule has 0 fully saturated rings. The molecular formula is C9H9ClN2O2. The van der Waals surface area contributed by atoms with Gasteiger partial charge >= 0.3 is 5.63 Å². The largest absolute Gasteiger partial charge is 0.422 e. The maximum atomic E-state index is 11.4. The molecule has 0 spiro atoms. The monoisotopic (exact) mass is 212 g/mol. The van der Waals surface area contributed by atoms with E-state index in [9.17, 15) is 4.79 Å². The zero-order chi connectivity index (χ0) is 10.5. The normalized spacial score (nSPS) is 11.1. The average Bonchev–Trinajstić information content (AvgIpc) is 2.41. The van der Waals surface area contributed by atoms with Gasteiger partial charge in [-0.1, -0.05) is 11.6 Å². The van der Waals surface area contributed by atoms with Crippen molar-refractivity contribution in [3.63, 3.8) is 0 Å². The maximum Gasteiger partial charge on any atom is 0.380 e. The molecular weight excluding hydrogens is 204 g/mol. The Morgan fingerprint density at radius 3 is 2.64 bits per heavy atom. The van der Waals surface area contributed by atoms with E-state index in [1.165, 1.54) is 0 Å². The summed E-state index contributed by atoms with van der Waals surface area (Å²) in [6, 6.07) is 0. The van der Waals surface area contributed by atoms with Crippen LogP contribution in [0.2, 0.25) is 5.15 Å². The van der Waals surface area contributed by atoms with Gasteiger partial charge in [-0.2, -0.15) is 0 Å². The molecule has 0 bridgehead atoms. The van der Waals surface area contributed by atoms with E-state index in [4.69, 9.17) is 16.0 Å². The van der Waals surface area contributed by atoms with E-state index in [-0.39, 0.29) is 5.65 Å². The molecule has 2 aromatic rings. The van der Waals surface area contributed by atoms with Crippen LogP contribution in [0.5, 0.6) is 0 Å². The van der Waals surface area contributed by atoms with E-state index in [0.717, 1.165) is 11.4 Å². The predicted octanol–water partition coefficient (Wildman–Crippen LogP) is 1.87. The number of halogens is 1. The third-order valence-corrected chi connectivity index (χ3v) is 2.69. The molecule has 2 aromatic heterocycles. The van der Waals surface area contributed by atoms with Crippen molar-refractivity contribution in [2.45, 2.75) is 20.8 Å². The van der Waals surface area contributed by atoms with Crippen LogP contribution in [0.1, 0.15) is 17.1 Å². The van der Waals surface area contributed by atoms with E-state index in [1.54, 1.807) is 11.3 Å². The number of nitrogens with zero attached hydrogens (tertiary/aromatic N) is 2. The topological polar surface area (TPSA) is 47.5 Å². The Morgan fingerprint density at radius 2 is 2.00 bits per heavy atom. The lowest BCUT2D eigenvalue weighted by Crippen LogP contribution is -2.07. The van der Waals surface area contributed by atoms with E-state index in [0.29, 0.717) is 10.9 Å². The Balaban J connectivity index is 3.11. The summed E-state index contributed by atoms with van der Waals surface area (Å²) in [6.07, 6.45) is 0. The smallest absolute Gasteiger partial charge is 0.380 e. The number of fused-ring (bicyclic) bond motifs is 1. The van der Waals surface area contributed by atoms with Gasteiger partial charge in [0.15, 0.2) is 5.15 Å². The molecule has 0 atom stereocenters. The summed E-state index contributed by atoms with van der Waals surface area (Å²) < 4.78 is 6.53. The van der Waals surface area contributed by atoms with Crippen LogP contribution in [0, 0.1) is 20.8 Å². The molecule has 14 heavy (non-hydrogen) atoms. The van der Waals surface area contributed by atoms with Crippen LogP contribution in [-0.4, -0.2) is 9.38 Å². The van der Waals surface area contributed by atoms with Gasteiger partial charge in [-0.25, -0.2) is 9.78 Å². The first-order valence-electron chi connectivity index (χ1n) is 4.17. The Hall–Kier alpha value is -1.29. The standard InChI is InChI=1S/C9H9ClN2O2/c1-4-5(2)12-7(10)6(3)14-9(13)8(12)11-4/h1-3H3. The Morgan fingerprint density at radius 1 is 1.36 bits per heavy atom. The third kappa shape index (κ3) is 1.07. The van der Waals surface area contributed by atoms with E-state index in [1.807, 2.05) is 13.8 Å². The quantitative estimate of drug-likeness (QED) is 0.670. The fraction of sp³-hybridized carbons (Fsp3) is 0.333. The summed E-state index contributed by atoms with van der Waals surface area (Å²) in [4.78, 5) is 15.5. The number of rotatable bonds is 0. The van der Waals surface area contributed by atoms with Gasteiger partial charge in [-0.15, -0.1) is 0 Å². The van der Waals surface area contributed by atoms with Gasteiger partial charge in [0.25, 0.3) is 0 Å². The maximum absolute atomic E-state index is 11.4. The Labute approximate surface area is 85.1 Å². The highest BCUT2D eigenvalue weighted by atomic mass is 35.5. The van der Waals surface area contributed by atoms with Gasteiger partial charge in [0.2, 0.25) is 5.65 Å². The molecule has 2 rings (SSSR count). The first-order valence-corrected chi connectivity index (χ1v) is 4.55. The first-order chi connectivity index (χ1) is 6.52. The number of hydrogen-bond donors (Lipinski definition) is 0. The molecule has 2 heterocycles. The summed E-state index contributed by atoms with van der Waals surface area (Å²) in [5.74, 6) is 0.407. The third-order valence-electron chi connectivity index (χ3n) is 2.26. The first kappa shape index (κ1) is 9.27. The van der Waals surface area contributed by atoms with Crippen LogP contribution in [-0.2, 0) is 0 Å². The summed E-state index contributed by atoms with van der Waals surface area (Å²) in [6.45, 7) is 5.34. The predicted molar refractivity (Wildman–Crippen MR) is 52.9 cm³/mol. The van der Waals surface area contributed by atoms with Crippen molar-refractivity contribution in [1.29, 1.82) is 0 Å². The molecule has 5 heteroatoms. The Kier molecular flexibility index (Phi) is 1.89. The summed E-state index contributed by atoms with van der Waals surface area (Å²) in [7, 11) is 0. The summed E-state index contributed by atoms with van der Waals surface area (Å²) >= 11 is 6.01. The van der Waals surface area contributed by atoms with Crippen LogP contribution >= 0.6 is 11.6 Å². The molecule has 0 aromatic carbocycles. The minimum absolute atomic E-state index is 0.246. The average molecular weight is 213 g/mol. The molecule has 0 aliphatic heterocycles. The number of aromatic nitrogens is 2. The molecule has 0 unspecified atom stereocenters. The van der Waals surface area contributed by atoms with E-state index in [2.05, 4.69) is 4.98 Å². The van der Waals surface area contributed by atoms with E-state index < -0.39 is 5.63 Å². The zero-order valence-corrected chi connectivity index (χ0v) is 8.84. The van der Waals surface area contributed by atoms with Gasteiger partial charge in [0.05, 0.1) is 5.69 Å². The van der Waals surface area contributed by atoms with Gasteiger partial charge in [0.1, 0.15) is 5.76 Å². The van der Waals surface area contributed by atoms with Crippen molar-refractivity contribution in [3.05, 3.63) is 32.7 Å². The van der Waals surface area contributed by atoms with Gasteiger partial charge in [-0.3, -0.25) is 4.40 Å². The molecule has 74 valence electrons. The lowest BCUT2D eigenvalue weighted by atomic mass is 10.4. The molecule has 0 saturated carbocycles. The second kappa shape index (κ2) is 2.85. The van der Waals surface area contributed by atoms with Gasteiger partial charge in [0, 0.05) is 5.69 Å². The molecule has 0 aliphatic carbocycles. The molecule has 0 N–H and O–H groups in total. The van der Waals surface area contributed by atoms with Crippen molar-refractivity contribution in [2.24, 2.45) is 0 Å². The minimum Gasteiger partial charge on any atom is -0.422 e. The minimum atomic E-state index is -0.455. The van der Waals surface area contributed by atoms with Crippen molar-refractivity contribution < 1.29 is 4.42 Å². The lowest BCUT2D eigenvalue weighted by molar-refractivity contribution is 0.476. The van der Waals surface area contributed by atoms with Crippen LogP contribution in [0.15, 0.2) is 9.21 Å². The van der Waals surface area contributed by atoms with Crippen molar-refractivity contribution in [3.8, 4) is 0 Å². The number of imidazole rings is 1. The molecule has 0 aliphatic rings. The Bertz CT molecular complexity index is 568. The highest BCUT2D eigenvalue weighted by Crippen LogP contribution is 2.18. The fourth-order valence-electron chi connectivity index (χ4n) is 1.37. The molecule has 0 amide bonds. The molecule has 0 radical (unpaired) electrons. The fourth-order valence-corrected chi connectivity index (χ4v) is 1.62. The SMILES string of the molecule is Cc1nc2c(=O)oc(C)c(Cl)n2c1C. The van der Waals surface area contributed by atoms with E-state index >= 15 is 0 Å². The van der Waals surface area contributed by atoms with Crippen molar-refractivity contribution in [2.75, 3.05) is 0 Å². The molecule has 0 saturated heterocycles.